The van der Waals surface area contributed by atoms with Crippen molar-refractivity contribution in [1.82, 2.24) is 20.0 Å². The highest BCUT2D eigenvalue weighted by Gasteiger charge is 2.45. The van der Waals surface area contributed by atoms with Crippen LogP contribution >= 0.6 is 0 Å². The molecule has 9 nitrogen and oxygen atoms in total. The number of hydrogen-bond acceptors (Lipinski definition) is 5. The van der Waals surface area contributed by atoms with Crippen LogP contribution in [0.2, 0.25) is 0 Å². The topological polar surface area (TPSA) is 99.6 Å². The van der Waals surface area contributed by atoms with Gasteiger partial charge in [-0.05, 0) is 68.9 Å². The molecule has 242 valence electrons. The third-order valence-corrected chi connectivity index (χ3v) is 8.45. The fourth-order valence-corrected chi connectivity index (χ4v) is 6.22. The number of rotatable bonds is 7. The molecule has 47 heavy (non-hydrogen) atoms. The van der Waals surface area contributed by atoms with E-state index in [-0.39, 0.29) is 18.0 Å². The molecule has 3 aromatic carbocycles. The van der Waals surface area contributed by atoms with Crippen LogP contribution in [0.4, 0.5) is 24.7 Å². The van der Waals surface area contributed by atoms with Crippen LogP contribution in [-0.4, -0.2) is 65.1 Å². The smallest absolute Gasteiger partial charge is 0.339 e. The molecule has 1 aromatic heterocycles. The lowest BCUT2D eigenvalue weighted by Gasteiger charge is -2.38. The Morgan fingerprint density at radius 3 is 2.40 bits per heavy atom. The van der Waals surface area contributed by atoms with Crippen LogP contribution < -0.4 is 15.5 Å². The van der Waals surface area contributed by atoms with Crippen molar-refractivity contribution in [2.24, 2.45) is 0 Å². The number of aryl methyl sites for hydroxylation is 1. The third kappa shape index (κ3) is 6.16. The second-order valence-electron chi connectivity index (χ2n) is 11.7. The number of nitrogens with zero attached hydrogens (tertiary/aromatic N) is 4. The van der Waals surface area contributed by atoms with Gasteiger partial charge in [0.1, 0.15) is 11.9 Å². The van der Waals surface area contributed by atoms with Gasteiger partial charge < -0.3 is 10.6 Å². The molecule has 0 spiro atoms. The van der Waals surface area contributed by atoms with Gasteiger partial charge >= 0.3 is 6.18 Å². The Kier molecular flexibility index (Phi) is 8.45. The van der Waals surface area contributed by atoms with E-state index in [4.69, 9.17) is 5.10 Å². The molecule has 12 heteroatoms. The lowest BCUT2D eigenvalue weighted by Crippen LogP contribution is -2.55. The summed E-state index contributed by atoms with van der Waals surface area (Å²) in [5.41, 5.74) is 2.54. The monoisotopic (exact) mass is 642 g/mol. The third-order valence-electron chi connectivity index (χ3n) is 8.45. The van der Waals surface area contributed by atoms with Crippen LogP contribution in [-0.2, 0) is 15.8 Å². The summed E-state index contributed by atoms with van der Waals surface area (Å²) in [6, 6.07) is 19.3. The molecule has 3 amide bonds. The number of aromatic nitrogens is 2. The SMILES string of the molecule is CCN1C(=O)[C@@H](NC(=O)c2cccc(C(F)(F)F)c2)[C@H](c2cccc(NC(=O)C3=CCN(C)C3)c2)c2c(C)nn(-c3ccccc3)c21. The van der Waals surface area contributed by atoms with E-state index in [9.17, 15) is 27.6 Å². The number of carbonyl (C=O) groups is 3. The minimum Gasteiger partial charge on any atom is -0.339 e. The van der Waals surface area contributed by atoms with Gasteiger partial charge in [0.2, 0.25) is 0 Å². The van der Waals surface area contributed by atoms with Gasteiger partial charge in [-0.1, -0.05) is 42.5 Å². The number of para-hydroxylation sites is 1. The highest BCUT2D eigenvalue weighted by Crippen LogP contribution is 2.44. The van der Waals surface area contributed by atoms with Crippen LogP contribution in [0.5, 0.6) is 0 Å². The summed E-state index contributed by atoms with van der Waals surface area (Å²) in [7, 11) is 1.92. The molecule has 6 rings (SSSR count). The molecule has 0 bridgehead atoms. The van der Waals surface area contributed by atoms with Crippen LogP contribution in [0, 0.1) is 6.92 Å². The fourth-order valence-electron chi connectivity index (χ4n) is 6.22. The summed E-state index contributed by atoms with van der Waals surface area (Å²) in [5.74, 6) is -1.78. The zero-order valence-corrected chi connectivity index (χ0v) is 26.0. The van der Waals surface area contributed by atoms with Gasteiger partial charge in [-0.15, -0.1) is 0 Å². The molecule has 3 heterocycles. The Labute approximate surface area is 269 Å². The molecule has 0 radical (unpaired) electrons. The first-order valence-electron chi connectivity index (χ1n) is 15.2. The minimum absolute atomic E-state index is 0.229. The average Bonchev–Trinajstić information content (AvgIpc) is 3.64. The predicted molar refractivity (Wildman–Crippen MR) is 172 cm³/mol. The predicted octanol–water partition coefficient (Wildman–Crippen LogP) is 5.31. The van der Waals surface area contributed by atoms with E-state index in [0.29, 0.717) is 47.0 Å². The van der Waals surface area contributed by atoms with E-state index in [1.54, 1.807) is 35.9 Å². The van der Waals surface area contributed by atoms with Gasteiger partial charge in [0.25, 0.3) is 17.7 Å². The molecular formula is C35H33F3N6O3. The van der Waals surface area contributed by atoms with E-state index in [1.807, 2.05) is 55.3 Å². The van der Waals surface area contributed by atoms with Crippen LogP contribution in [0.3, 0.4) is 0 Å². The van der Waals surface area contributed by atoms with Gasteiger partial charge in [-0.3, -0.25) is 24.2 Å². The number of fused-ring (bicyclic) bond motifs is 1. The zero-order chi connectivity index (χ0) is 33.5. The number of amides is 3. The van der Waals surface area contributed by atoms with E-state index in [2.05, 4.69) is 10.6 Å². The standard InChI is InChI=1S/C35H33F3N6O3/c1-4-43-33-28(21(2)41-44(33)27-14-6-5-7-15-27)29(22-10-9-13-26(19-22)39-32(46)24-16-17-42(3)20-24)30(34(43)47)40-31(45)23-11-8-12-25(18-23)35(36,37)38/h5-16,18-19,29-30H,4,17,20H2,1-3H3,(H,39,46)(H,40,45)/t29-,30+/m1/s1. The fraction of sp³-hybridized carbons (Fsp3) is 0.257. The molecule has 4 aromatic rings. The maximum atomic E-state index is 14.4. The van der Waals surface area contributed by atoms with Gasteiger partial charge in [0.05, 0.1) is 16.9 Å². The van der Waals surface area contributed by atoms with Crippen LogP contribution in [0.1, 0.15) is 45.6 Å². The highest BCUT2D eigenvalue weighted by atomic mass is 19.4. The van der Waals surface area contributed by atoms with Crippen molar-refractivity contribution in [2.45, 2.75) is 32.0 Å². The van der Waals surface area contributed by atoms with E-state index in [0.717, 1.165) is 23.9 Å². The number of anilines is 2. The van der Waals surface area contributed by atoms with Crippen molar-refractivity contribution in [1.29, 1.82) is 0 Å². The van der Waals surface area contributed by atoms with Crippen molar-refractivity contribution in [3.63, 3.8) is 0 Å². The number of halogens is 3. The Morgan fingerprint density at radius 1 is 0.979 bits per heavy atom. The Hall–Kier alpha value is -5.23. The van der Waals surface area contributed by atoms with Crippen molar-refractivity contribution < 1.29 is 27.6 Å². The first-order chi connectivity index (χ1) is 22.5. The molecule has 0 saturated carbocycles. The van der Waals surface area contributed by atoms with Crippen LogP contribution in [0.25, 0.3) is 5.69 Å². The molecule has 0 fully saturated rings. The second kappa shape index (κ2) is 12.5. The first-order valence-corrected chi connectivity index (χ1v) is 15.2. The Morgan fingerprint density at radius 2 is 1.72 bits per heavy atom. The summed E-state index contributed by atoms with van der Waals surface area (Å²) < 4.78 is 42.2. The summed E-state index contributed by atoms with van der Waals surface area (Å²) >= 11 is 0. The number of likely N-dealkylation sites (N-methyl/N-ethyl adjacent to an activating group) is 2. The molecule has 2 aliphatic heterocycles. The molecule has 0 aliphatic carbocycles. The normalized spacial score (nSPS) is 18.1. The minimum atomic E-state index is -4.65. The summed E-state index contributed by atoms with van der Waals surface area (Å²) in [6.45, 7) is 5.04. The van der Waals surface area contributed by atoms with Gasteiger partial charge in [-0.2, -0.15) is 18.3 Å². The maximum Gasteiger partial charge on any atom is 0.416 e. The number of nitrogens with one attached hydrogen (secondary N) is 2. The highest BCUT2D eigenvalue weighted by molar-refractivity contribution is 6.06. The van der Waals surface area contributed by atoms with Crippen molar-refractivity contribution in [2.75, 3.05) is 36.9 Å². The lowest BCUT2D eigenvalue weighted by atomic mass is 9.81. The molecule has 2 atom stereocenters. The van der Waals surface area contributed by atoms with Gasteiger partial charge in [0, 0.05) is 47.9 Å². The summed E-state index contributed by atoms with van der Waals surface area (Å²) in [5, 5.41) is 10.5. The van der Waals surface area contributed by atoms with Gasteiger partial charge in [-0.25, -0.2) is 4.68 Å². The average molecular weight is 643 g/mol. The Bertz CT molecular complexity index is 1880. The molecular weight excluding hydrogens is 609 g/mol. The van der Waals surface area contributed by atoms with Crippen molar-refractivity contribution in [3.05, 3.63) is 118 Å². The van der Waals surface area contributed by atoms with Crippen LogP contribution in [0.15, 0.2) is 90.5 Å². The van der Waals surface area contributed by atoms with E-state index < -0.39 is 35.5 Å². The lowest BCUT2D eigenvalue weighted by molar-refractivity contribution is -0.137. The van der Waals surface area contributed by atoms with E-state index in [1.165, 1.54) is 11.0 Å². The second-order valence-corrected chi connectivity index (χ2v) is 11.7. The van der Waals surface area contributed by atoms with Gasteiger partial charge in [0.15, 0.2) is 0 Å². The number of hydrogen-bond donors (Lipinski definition) is 2. The van der Waals surface area contributed by atoms with E-state index >= 15 is 0 Å². The molecule has 2 N–H and O–H groups in total. The maximum absolute atomic E-state index is 14.4. The number of alkyl halides is 3. The summed E-state index contributed by atoms with van der Waals surface area (Å²) in [4.78, 5) is 44.5. The molecule has 2 aliphatic rings. The quantitative estimate of drug-likeness (QED) is 0.285. The zero-order valence-electron chi connectivity index (χ0n) is 26.0. The van der Waals surface area contributed by atoms with Crippen molar-refractivity contribution >= 4 is 29.2 Å². The Balaban J connectivity index is 1.45. The number of carbonyl (C=O) groups excluding carboxylic acids is 3. The first kappa shape index (κ1) is 31.7. The molecule has 0 saturated heterocycles. The largest absolute Gasteiger partial charge is 0.416 e. The molecule has 0 unspecified atom stereocenters. The van der Waals surface area contributed by atoms with Crippen molar-refractivity contribution in [3.8, 4) is 5.69 Å². The summed E-state index contributed by atoms with van der Waals surface area (Å²) in [6.07, 6.45) is -2.78. The number of benzene rings is 3.